The topological polar surface area (TPSA) is 20.7 Å². The lowest BCUT2D eigenvalue weighted by Gasteiger charge is -2.09. The van der Waals surface area contributed by atoms with Gasteiger partial charge in [0.2, 0.25) is 0 Å². The molecule has 0 saturated carbocycles. The molecule has 1 heterocycles. The molecule has 0 spiro atoms. The lowest BCUT2D eigenvalue weighted by Crippen LogP contribution is -1.98. The van der Waals surface area contributed by atoms with Crippen molar-refractivity contribution in [3.63, 3.8) is 0 Å². The number of hydrogen-bond donors (Lipinski definition) is 1. The van der Waals surface area contributed by atoms with E-state index in [1.807, 2.05) is 23.8 Å². The van der Waals surface area contributed by atoms with Crippen LogP contribution < -0.4 is 0 Å². The fourth-order valence-electron chi connectivity index (χ4n) is 1.62. The number of nitrogens with one attached hydrogen (secondary N) is 1. The second-order valence-electron chi connectivity index (χ2n) is 3.50. The second-order valence-corrected chi connectivity index (χ2v) is 4.80. The Morgan fingerprint density at radius 2 is 2.07 bits per heavy atom. The molecule has 0 amide bonds. The van der Waals surface area contributed by atoms with Crippen molar-refractivity contribution >= 4 is 28.1 Å². The van der Waals surface area contributed by atoms with Gasteiger partial charge < -0.3 is 4.98 Å². The maximum absolute atomic E-state index is 5.24. The molecular formula is C11H11BrN2S. The van der Waals surface area contributed by atoms with E-state index in [9.17, 15) is 0 Å². The monoisotopic (exact) mass is 282 g/mol. The molecule has 0 aliphatic rings. The van der Waals surface area contributed by atoms with Gasteiger partial charge in [-0.3, -0.25) is 4.57 Å². The van der Waals surface area contributed by atoms with E-state index in [1.54, 1.807) is 0 Å². The molecule has 1 aromatic heterocycles. The fraction of sp³-hybridized carbons (Fsp3) is 0.182. The van der Waals surface area contributed by atoms with E-state index in [2.05, 4.69) is 40.0 Å². The number of nitrogens with zero attached hydrogens (tertiary/aromatic N) is 1. The highest BCUT2D eigenvalue weighted by Gasteiger charge is 2.05. The maximum Gasteiger partial charge on any atom is 0.182 e. The highest BCUT2D eigenvalue weighted by Crippen LogP contribution is 2.20. The van der Waals surface area contributed by atoms with Crippen LogP contribution in [0, 0.1) is 18.6 Å². The number of aryl methyl sites for hydroxylation is 2. The summed E-state index contributed by atoms with van der Waals surface area (Å²) in [6, 6.07) is 6.18. The van der Waals surface area contributed by atoms with Crippen molar-refractivity contribution in [2.24, 2.45) is 0 Å². The van der Waals surface area contributed by atoms with Crippen LogP contribution in [0.3, 0.4) is 0 Å². The summed E-state index contributed by atoms with van der Waals surface area (Å²) in [5.74, 6) is 0. The first-order valence-electron chi connectivity index (χ1n) is 4.63. The SMILES string of the molecule is Cc1cc(Br)ccc1-n1c(C)c[nH]c1=S. The van der Waals surface area contributed by atoms with Gasteiger partial charge in [-0.15, -0.1) is 0 Å². The standard InChI is InChI=1S/C11H11BrN2S/c1-7-5-9(12)3-4-10(7)14-8(2)6-13-11(14)15/h3-6H,1-2H3,(H,13,15). The van der Waals surface area contributed by atoms with Crippen LogP contribution in [0.1, 0.15) is 11.3 Å². The van der Waals surface area contributed by atoms with Crippen molar-refractivity contribution < 1.29 is 0 Å². The van der Waals surface area contributed by atoms with Gasteiger partial charge in [0.15, 0.2) is 4.77 Å². The quantitative estimate of drug-likeness (QED) is 0.787. The molecular weight excluding hydrogens is 272 g/mol. The lowest BCUT2D eigenvalue weighted by molar-refractivity contribution is 0.972. The fourth-order valence-corrected chi connectivity index (χ4v) is 2.40. The summed E-state index contributed by atoms with van der Waals surface area (Å²) in [4.78, 5) is 3.04. The van der Waals surface area contributed by atoms with Crippen LogP contribution in [-0.4, -0.2) is 9.55 Å². The number of imidazole rings is 1. The average Bonchev–Trinajstić information content (AvgIpc) is 2.48. The van der Waals surface area contributed by atoms with Crippen LogP contribution >= 0.6 is 28.1 Å². The molecule has 1 aromatic carbocycles. The second kappa shape index (κ2) is 3.94. The number of H-pyrrole nitrogens is 1. The molecule has 78 valence electrons. The summed E-state index contributed by atoms with van der Waals surface area (Å²) in [5, 5.41) is 0. The van der Waals surface area contributed by atoms with Gasteiger partial charge >= 0.3 is 0 Å². The van der Waals surface area contributed by atoms with Crippen molar-refractivity contribution in [2.45, 2.75) is 13.8 Å². The molecule has 0 fully saturated rings. The van der Waals surface area contributed by atoms with Crippen molar-refractivity contribution in [1.29, 1.82) is 0 Å². The van der Waals surface area contributed by atoms with E-state index in [0.717, 1.165) is 20.6 Å². The van der Waals surface area contributed by atoms with Gasteiger partial charge in [0.05, 0.1) is 5.69 Å². The van der Waals surface area contributed by atoms with E-state index in [1.165, 1.54) is 5.56 Å². The van der Waals surface area contributed by atoms with E-state index < -0.39 is 0 Å². The Labute approximate surface area is 102 Å². The summed E-state index contributed by atoms with van der Waals surface area (Å²) in [6.07, 6.45) is 1.92. The Kier molecular flexibility index (Phi) is 2.80. The third kappa shape index (κ3) is 1.92. The number of benzene rings is 1. The maximum atomic E-state index is 5.24. The lowest BCUT2D eigenvalue weighted by atomic mass is 10.2. The predicted octanol–water partition coefficient (Wildman–Crippen LogP) is 3.91. The first-order valence-corrected chi connectivity index (χ1v) is 5.83. The van der Waals surface area contributed by atoms with Gasteiger partial charge in [-0.25, -0.2) is 0 Å². The van der Waals surface area contributed by atoms with E-state index in [0.29, 0.717) is 0 Å². The number of rotatable bonds is 1. The summed E-state index contributed by atoms with van der Waals surface area (Å²) < 4.78 is 3.86. The molecule has 0 saturated heterocycles. The zero-order valence-corrected chi connectivity index (χ0v) is 10.9. The molecule has 0 atom stereocenters. The third-order valence-electron chi connectivity index (χ3n) is 2.36. The van der Waals surface area contributed by atoms with Crippen LogP contribution in [0.25, 0.3) is 5.69 Å². The Bertz CT molecular complexity index is 554. The Hall–Kier alpha value is -0.870. The van der Waals surface area contributed by atoms with Gasteiger partial charge in [-0.1, -0.05) is 15.9 Å². The summed E-state index contributed by atoms with van der Waals surface area (Å²) >= 11 is 8.70. The first kappa shape index (κ1) is 10.6. The van der Waals surface area contributed by atoms with Crippen molar-refractivity contribution in [3.8, 4) is 5.69 Å². The zero-order chi connectivity index (χ0) is 11.0. The summed E-state index contributed by atoms with van der Waals surface area (Å²) in [7, 11) is 0. The van der Waals surface area contributed by atoms with Gasteiger partial charge in [0.25, 0.3) is 0 Å². The van der Waals surface area contributed by atoms with E-state index >= 15 is 0 Å². The molecule has 0 radical (unpaired) electrons. The number of aromatic amines is 1. The van der Waals surface area contributed by atoms with E-state index in [-0.39, 0.29) is 0 Å². The minimum atomic E-state index is 0.734. The molecule has 4 heteroatoms. The third-order valence-corrected chi connectivity index (χ3v) is 3.15. The largest absolute Gasteiger partial charge is 0.337 e. The van der Waals surface area contributed by atoms with Gasteiger partial charge in [-0.05, 0) is 49.8 Å². The Balaban J connectivity index is 2.69. The van der Waals surface area contributed by atoms with Gasteiger partial charge in [0.1, 0.15) is 0 Å². The van der Waals surface area contributed by atoms with Crippen LogP contribution in [-0.2, 0) is 0 Å². The van der Waals surface area contributed by atoms with Crippen molar-refractivity contribution in [3.05, 3.63) is 44.9 Å². The molecule has 2 rings (SSSR count). The molecule has 0 aliphatic carbocycles. The van der Waals surface area contributed by atoms with Crippen molar-refractivity contribution in [1.82, 2.24) is 9.55 Å². The summed E-state index contributed by atoms with van der Waals surface area (Å²) in [6.45, 7) is 4.11. The minimum Gasteiger partial charge on any atom is -0.337 e. The normalized spacial score (nSPS) is 10.6. The van der Waals surface area contributed by atoms with Crippen molar-refractivity contribution in [2.75, 3.05) is 0 Å². The minimum absolute atomic E-state index is 0.734. The average molecular weight is 283 g/mol. The van der Waals surface area contributed by atoms with E-state index in [4.69, 9.17) is 12.2 Å². The number of halogens is 1. The smallest absolute Gasteiger partial charge is 0.182 e. The number of hydrogen-bond acceptors (Lipinski definition) is 1. The molecule has 0 aliphatic heterocycles. The van der Waals surface area contributed by atoms with Crippen LogP contribution in [0.4, 0.5) is 0 Å². The van der Waals surface area contributed by atoms with Crippen LogP contribution in [0.5, 0.6) is 0 Å². The first-order chi connectivity index (χ1) is 7.09. The number of aromatic nitrogens is 2. The molecule has 2 nitrogen and oxygen atoms in total. The predicted molar refractivity (Wildman–Crippen MR) is 68.1 cm³/mol. The van der Waals surface area contributed by atoms with Crippen LogP contribution in [0.15, 0.2) is 28.9 Å². The van der Waals surface area contributed by atoms with Crippen LogP contribution in [0.2, 0.25) is 0 Å². The summed E-state index contributed by atoms with van der Waals surface area (Å²) in [5.41, 5.74) is 3.44. The molecule has 2 aromatic rings. The highest BCUT2D eigenvalue weighted by molar-refractivity contribution is 9.10. The molecule has 0 bridgehead atoms. The zero-order valence-electron chi connectivity index (χ0n) is 8.54. The highest BCUT2D eigenvalue weighted by atomic mass is 79.9. The molecule has 15 heavy (non-hydrogen) atoms. The van der Waals surface area contributed by atoms with Gasteiger partial charge in [-0.2, -0.15) is 0 Å². The van der Waals surface area contributed by atoms with Gasteiger partial charge in [0, 0.05) is 16.4 Å². The Morgan fingerprint density at radius 3 is 2.60 bits per heavy atom. The molecule has 0 unspecified atom stereocenters. The Morgan fingerprint density at radius 1 is 1.33 bits per heavy atom. The molecule has 1 N–H and O–H groups in total.